The van der Waals surface area contributed by atoms with Gasteiger partial charge in [0, 0.05) is 11.2 Å². The summed E-state index contributed by atoms with van der Waals surface area (Å²) in [5.74, 6) is -0.557. The lowest BCUT2D eigenvalue weighted by molar-refractivity contribution is -0.129. The monoisotopic (exact) mass is 571 g/mol. The van der Waals surface area contributed by atoms with Gasteiger partial charge in [0.1, 0.15) is 11.8 Å². The lowest BCUT2D eigenvalue weighted by atomic mass is 10.0. The molecule has 11 heteroatoms. The molecule has 1 aliphatic heterocycles. The van der Waals surface area contributed by atoms with E-state index in [-0.39, 0.29) is 29.8 Å². The van der Waals surface area contributed by atoms with Crippen LogP contribution in [0.25, 0.3) is 10.1 Å². The molecular weight excluding hydrogens is 538 g/mol. The number of nitrogens with zero attached hydrogens (tertiary/aromatic N) is 1. The van der Waals surface area contributed by atoms with E-state index < -0.39 is 33.8 Å². The fourth-order valence-electron chi connectivity index (χ4n) is 4.55. The van der Waals surface area contributed by atoms with Crippen LogP contribution in [-0.4, -0.2) is 62.6 Å². The first-order valence-electron chi connectivity index (χ1n) is 12.8. The number of carbonyl (C=O) groups excluding carboxylic acids is 3. The van der Waals surface area contributed by atoms with Crippen molar-refractivity contribution in [1.29, 1.82) is 0 Å². The van der Waals surface area contributed by atoms with Gasteiger partial charge in [-0.3, -0.25) is 14.4 Å². The molecule has 1 unspecified atom stereocenters. The molecule has 0 aliphatic carbocycles. The van der Waals surface area contributed by atoms with Gasteiger partial charge in [-0.2, -0.15) is 4.31 Å². The Bertz CT molecular complexity index is 1420. The summed E-state index contributed by atoms with van der Waals surface area (Å²) in [5.41, 5.74) is 0. The summed E-state index contributed by atoms with van der Waals surface area (Å²) in [6.07, 6.45) is 1.09. The van der Waals surface area contributed by atoms with Crippen molar-refractivity contribution in [3.05, 3.63) is 59.5 Å². The summed E-state index contributed by atoms with van der Waals surface area (Å²) in [6.45, 7) is 3.71. The maximum atomic E-state index is 13.3. The number of amides is 2. The minimum Gasteiger partial charge on any atom is -0.497 e. The van der Waals surface area contributed by atoms with Gasteiger partial charge in [0.05, 0.1) is 29.5 Å². The Labute approximate surface area is 232 Å². The van der Waals surface area contributed by atoms with Crippen LogP contribution in [0.1, 0.15) is 42.8 Å². The molecule has 1 aromatic heterocycles. The minimum absolute atomic E-state index is 0.0690. The van der Waals surface area contributed by atoms with Crippen LogP contribution in [0.5, 0.6) is 5.75 Å². The molecule has 2 N–H and O–H groups in total. The molecular formula is C28H33N3O6S2. The summed E-state index contributed by atoms with van der Waals surface area (Å²) in [4.78, 5) is 40.0. The predicted octanol–water partition coefficient (Wildman–Crippen LogP) is 3.59. The summed E-state index contributed by atoms with van der Waals surface area (Å²) >= 11 is 1.35. The molecule has 0 radical (unpaired) electrons. The lowest BCUT2D eigenvalue weighted by Gasteiger charge is -2.23. The first-order chi connectivity index (χ1) is 18.6. The van der Waals surface area contributed by atoms with E-state index >= 15 is 0 Å². The second-order valence-corrected chi connectivity index (χ2v) is 13.0. The van der Waals surface area contributed by atoms with Crippen LogP contribution in [0.4, 0.5) is 0 Å². The van der Waals surface area contributed by atoms with Gasteiger partial charge in [-0.15, -0.1) is 11.3 Å². The van der Waals surface area contributed by atoms with Crippen molar-refractivity contribution in [2.75, 3.05) is 20.2 Å². The largest absolute Gasteiger partial charge is 0.497 e. The molecule has 0 spiro atoms. The lowest BCUT2D eigenvalue weighted by Crippen LogP contribution is -2.52. The standard InChI is InChI=1S/C28H33N3O6S2/c1-18(2)15-23(30-28(34)26-16-19-7-4-5-9-25(19)38-26)27(33)29-22-8-6-14-31(17-24(22)32)39(35,36)21-12-10-20(37-3)11-13-21/h4-5,7,9-13,16,18,22-23H,6,8,14-15,17H2,1-3H3,(H,29,33)(H,30,34)/t22-,23?/m0/s1. The van der Waals surface area contributed by atoms with E-state index in [2.05, 4.69) is 10.6 Å². The summed E-state index contributed by atoms with van der Waals surface area (Å²) in [5, 5.41) is 6.58. The zero-order valence-electron chi connectivity index (χ0n) is 22.2. The maximum absolute atomic E-state index is 13.3. The van der Waals surface area contributed by atoms with Crippen molar-refractivity contribution in [3.63, 3.8) is 0 Å². The number of ether oxygens (including phenoxy) is 1. The molecule has 9 nitrogen and oxygen atoms in total. The third kappa shape index (κ3) is 6.84. The Kier molecular flexibility index (Phi) is 9.04. The number of carbonyl (C=O) groups is 3. The minimum atomic E-state index is -3.90. The number of methoxy groups -OCH3 is 1. The number of sulfonamides is 1. The third-order valence-electron chi connectivity index (χ3n) is 6.61. The van der Waals surface area contributed by atoms with Gasteiger partial charge >= 0.3 is 0 Å². The average molecular weight is 572 g/mol. The third-order valence-corrected chi connectivity index (χ3v) is 9.59. The van der Waals surface area contributed by atoms with Crippen LogP contribution >= 0.6 is 11.3 Å². The molecule has 2 atom stereocenters. The zero-order valence-corrected chi connectivity index (χ0v) is 23.8. The molecule has 2 aromatic carbocycles. The Morgan fingerprint density at radius 3 is 2.51 bits per heavy atom. The van der Waals surface area contributed by atoms with E-state index in [0.717, 1.165) is 14.4 Å². The van der Waals surface area contributed by atoms with E-state index in [4.69, 9.17) is 4.74 Å². The molecule has 3 aromatic rings. The Hall–Kier alpha value is -3.28. The van der Waals surface area contributed by atoms with Gasteiger partial charge in [0.2, 0.25) is 15.9 Å². The van der Waals surface area contributed by atoms with E-state index in [9.17, 15) is 22.8 Å². The fraction of sp³-hybridized carbons (Fsp3) is 0.393. The van der Waals surface area contributed by atoms with Gasteiger partial charge < -0.3 is 15.4 Å². The van der Waals surface area contributed by atoms with Crippen molar-refractivity contribution in [2.24, 2.45) is 5.92 Å². The van der Waals surface area contributed by atoms with E-state index in [1.54, 1.807) is 18.2 Å². The molecule has 1 fully saturated rings. The quantitative estimate of drug-likeness (QED) is 0.405. The second-order valence-electron chi connectivity index (χ2n) is 9.99. The fourth-order valence-corrected chi connectivity index (χ4v) is 6.96. The van der Waals surface area contributed by atoms with Crippen molar-refractivity contribution in [1.82, 2.24) is 14.9 Å². The van der Waals surface area contributed by atoms with Crippen molar-refractivity contribution < 1.29 is 27.5 Å². The van der Waals surface area contributed by atoms with E-state index in [1.807, 2.05) is 38.1 Å². The molecule has 1 aliphatic rings. The molecule has 4 rings (SSSR count). The highest BCUT2D eigenvalue weighted by Crippen LogP contribution is 2.26. The summed E-state index contributed by atoms with van der Waals surface area (Å²) in [7, 11) is -2.40. The Morgan fingerprint density at radius 2 is 1.85 bits per heavy atom. The highest BCUT2D eigenvalue weighted by molar-refractivity contribution is 7.89. The van der Waals surface area contributed by atoms with Crippen LogP contribution in [-0.2, 0) is 19.6 Å². The second kappa shape index (κ2) is 12.3. The smallest absolute Gasteiger partial charge is 0.262 e. The first-order valence-corrected chi connectivity index (χ1v) is 15.1. The number of rotatable bonds is 9. The molecule has 208 valence electrons. The van der Waals surface area contributed by atoms with Crippen LogP contribution in [0.2, 0.25) is 0 Å². The van der Waals surface area contributed by atoms with Gasteiger partial charge in [-0.1, -0.05) is 32.0 Å². The molecule has 0 bridgehead atoms. The topological polar surface area (TPSA) is 122 Å². The number of hydrogen-bond donors (Lipinski definition) is 2. The SMILES string of the molecule is COc1ccc(S(=O)(=O)N2CCC[C@H](NC(=O)C(CC(C)C)NC(=O)c3cc4ccccc4s3)C(=O)C2)cc1. The van der Waals surface area contributed by atoms with Crippen molar-refractivity contribution >= 4 is 49.0 Å². The Balaban J connectivity index is 1.43. The van der Waals surface area contributed by atoms with E-state index in [0.29, 0.717) is 29.9 Å². The number of Topliss-reactive ketones (excluding diaryl/α,β-unsaturated/α-hetero) is 1. The molecule has 39 heavy (non-hydrogen) atoms. The van der Waals surface area contributed by atoms with Crippen LogP contribution in [0.15, 0.2) is 59.5 Å². The molecule has 0 saturated carbocycles. The number of hydrogen-bond acceptors (Lipinski definition) is 7. The van der Waals surface area contributed by atoms with E-state index in [1.165, 1.54) is 30.6 Å². The number of ketones is 1. The summed E-state index contributed by atoms with van der Waals surface area (Å²) < 4.78 is 33.5. The normalized spacial score (nSPS) is 17.5. The van der Waals surface area contributed by atoms with Crippen LogP contribution < -0.4 is 15.4 Å². The Morgan fingerprint density at radius 1 is 1.13 bits per heavy atom. The number of thiophene rings is 1. The van der Waals surface area contributed by atoms with Crippen molar-refractivity contribution in [2.45, 2.75) is 50.1 Å². The van der Waals surface area contributed by atoms with Gasteiger partial charge in [-0.25, -0.2) is 8.42 Å². The van der Waals surface area contributed by atoms with Gasteiger partial charge in [0.25, 0.3) is 5.91 Å². The highest BCUT2D eigenvalue weighted by atomic mass is 32.2. The first kappa shape index (κ1) is 28.7. The van der Waals surface area contributed by atoms with Crippen molar-refractivity contribution in [3.8, 4) is 5.75 Å². The predicted molar refractivity (Wildman–Crippen MR) is 150 cm³/mol. The van der Waals surface area contributed by atoms with Crippen LogP contribution in [0.3, 0.4) is 0 Å². The molecule has 2 heterocycles. The summed E-state index contributed by atoms with van der Waals surface area (Å²) in [6, 6.07) is 13.8. The average Bonchev–Trinajstić information content (AvgIpc) is 3.26. The number of nitrogens with one attached hydrogen (secondary N) is 2. The van der Waals surface area contributed by atoms with Gasteiger partial charge in [-0.05, 0) is 67.0 Å². The number of benzene rings is 2. The zero-order chi connectivity index (χ0) is 28.2. The molecule has 2 amide bonds. The maximum Gasteiger partial charge on any atom is 0.262 e. The highest BCUT2D eigenvalue weighted by Gasteiger charge is 2.34. The number of fused-ring (bicyclic) bond motifs is 1. The molecule has 1 saturated heterocycles. The van der Waals surface area contributed by atoms with Crippen LogP contribution in [0, 0.1) is 5.92 Å². The van der Waals surface area contributed by atoms with Gasteiger partial charge in [0.15, 0.2) is 5.78 Å².